The Morgan fingerprint density at radius 1 is 1.33 bits per heavy atom. The highest BCUT2D eigenvalue weighted by molar-refractivity contribution is 5.93. The van der Waals surface area contributed by atoms with Crippen molar-refractivity contribution in [2.75, 3.05) is 31.6 Å². The highest BCUT2D eigenvalue weighted by atomic mass is 16.4. The molecule has 21 heavy (non-hydrogen) atoms. The lowest BCUT2D eigenvalue weighted by Gasteiger charge is -2.45. The number of pyridine rings is 1. The van der Waals surface area contributed by atoms with Crippen LogP contribution >= 0.6 is 0 Å². The Labute approximate surface area is 123 Å². The van der Waals surface area contributed by atoms with Gasteiger partial charge in [0.1, 0.15) is 5.65 Å². The molecule has 1 aliphatic heterocycles. The number of anilines is 1. The number of hydrogen-bond donors (Lipinski definition) is 1. The molecule has 0 amide bonds. The molecule has 1 fully saturated rings. The van der Waals surface area contributed by atoms with Gasteiger partial charge in [0.2, 0.25) is 0 Å². The quantitative estimate of drug-likeness (QED) is 0.909. The van der Waals surface area contributed by atoms with Crippen LogP contribution in [0.3, 0.4) is 0 Å². The van der Waals surface area contributed by atoms with E-state index in [-0.39, 0.29) is 11.2 Å². The van der Waals surface area contributed by atoms with Crippen molar-refractivity contribution in [3.8, 4) is 0 Å². The second kappa shape index (κ2) is 4.73. The van der Waals surface area contributed by atoms with E-state index in [4.69, 9.17) is 0 Å². The molecular weight excluding hydrogens is 268 g/mol. The van der Waals surface area contributed by atoms with Crippen LogP contribution in [0.4, 0.5) is 5.82 Å². The van der Waals surface area contributed by atoms with Gasteiger partial charge in [-0.15, -0.1) is 0 Å². The maximum Gasteiger partial charge on any atom is 0.356 e. The molecule has 2 aromatic heterocycles. The molecule has 0 atom stereocenters. The van der Waals surface area contributed by atoms with Crippen molar-refractivity contribution < 1.29 is 9.90 Å². The van der Waals surface area contributed by atoms with Crippen molar-refractivity contribution in [2.24, 2.45) is 0 Å². The van der Waals surface area contributed by atoms with Crippen LogP contribution in [0.5, 0.6) is 0 Å². The van der Waals surface area contributed by atoms with Crippen molar-refractivity contribution in [2.45, 2.75) is 19.4 Å². The molecular formula is C15H20N4O2. The smallest absolute Gasteiger partial charge is 0.356 e. The highest BCUT2D eigenvalue weighted by Gasteiger charge is 2.34. The Bertz CT molecular complexity index is 692. The maximum atomic E-state index is 11.7. The van der Waals surface area contributed by atoms with Crippen LogP contribution < -0.4 is 4.90 Å². The van der Waals surface area contributed by atoms with Gasteiger partial charge in [0.05, 0.1) is 0 Å². The van der Waals surface area contributed by atoms with Gasteiger partial charge < -0.3 is 10.0 Å². The third-order valence-electron chi connectivity index (χ3n) is 4.33. The SMILES string of the molecule is CN1CCN(c2nc3ccccn3c2C(=O)O)CC1(C)C. The fourth-order valence-electron chi connectivity index (χ4n) is 2.82. The predicted octanol–water partition coefficient (Wildman–Crippen LogP) is 1.56. The summed E-state index contributed by atoms with van der Waals surface area (Å²) < 4.78 is 1.64. The van der Waals surface area contributed by atoms with Crippen molar-refractivity contribution >= 4 is 17.4 Å². The van der Waals surface area contributed by atoms with E-state index in [9.17, 15) is 9.90 Å². The average Bonchev–Trinajstić information content (AvgIpc) is 2.81. The molecule has 0 bridgehead atoms. The van der Waals surface area contributed by atoms with E-state index >= 15 is 0 Å². The Kier molecular flexibility index (Phi) is 3.13. The molecule has 6 heteroatoms. The summed E-state index contributed by atoms with van der Waals surface area (Å²) >= 11 is 0. The van der Waals surface area contributed by atoms with Crippen LogP contribution in [0.2, 0.25) is 0 Å². The third kappa shape index (κ3) is 2.25. The van der Waals surface area contributed by atoms with Crippen LogP contribution in [-0.4, -0.2) is 57.6 Å². The van der Waals surface area contributed by atoms with Gasteiger partial charge >= 0.3 is 5.97 Å². The number of nitrogens with zero attached hydrogens (tertiary/aromatic N) is 4. The number of piperazine rings is 1. The van der Waals surface area contributed by atoms with Gasteiger partial charge in [-0.3, -0.25) is 9.30 Å². The van der Waals surface area contributed by atoms with Gasteiger partial charge in [-0.2, -0.15) is 0 Å². The van der Waals surface area contributed by atoms with E-state index < -0.39 is 5.97 Å². The monoisotopic (exact) mass is 288 g/mol. The van der Waals surface area contributed by atoms with Crippen molar-refractivity contribution in [1.82, 2.24) is 14.3 Å². The Morgan fingerprint density at radius 2 is 2.10 bits per heavy atom. The number of carbonyl (C=O) groups is 1. The van der Waals surface area contributed by atoms with Gasteiger partial charge in [-0.25, -0.2) is 9.78 Å². The molecule has 0 radical (unpaired) electrons. The largest absolute Gasteiger partial charge is 0.476 e. The van der Waals surface area contributed by atoms with Crippen molar-refractivity contribution in [1.29, 1.82) is 0 Å². The Morgan fingerprint density at radius 3 is 2.76 bits per heavy atom. The molecule has 3 rings (SSSR count). The standard InChI is InChI=1S/C15H20N4O2/c1-15(2)10-18(9-8-17(15)3)13-12(14(20)21)19-7-5-4-6-11(19)16-13/h4-7H,8-10H2,1-3H3,(H,20,21). The molecule has 1 saturated heterocycles. The first-order chi connectivity index (χ1) is 9.90. The van der Waals surface area contributed by atoms with E-state index in [1.165, 1.54) is 0 Å². The fourth-order valence-corrected chi connectivity index (χ4v) is 2.82. The van der Waals surface area contributed by atoms with Crippen LogP contribution in [0.1, 0.15) is 24.3 Å². The zero-order valence-corrected chi connectivity index (χ0v) is 12.6. The summed E-state index contributed by atoms with van der Waals surface area (Å²) in [7, 11) is 2.10. The molecule has 0 unspecified atom stereocenters. The van der Waals surface area contributed by atoms with Crippen molar-refractivity contribution in [3.05, 3.63) is 30.1 Å². The second-order valence-corrected chi connectivity index (χ2v) is 6.17. The molecule has 1 N–H and O–H groups in total. The molecule has 112 valence electrons. The first-order valence-corrected chi connectivity index (χ1v) is 7.07. The van der Waals surface area contributed by atoms with Gasteiger partial charge in [-0.05, 0) is 33.0 Å². The topological polar surface area (TPSA) is 61.1 Å². The lowest BCUT2D eigenvalue weighted by Crippen LogP contribution is -2.58. The van der Waals surface area contributed by atoms with Gasteiger partial charge in [0, 0.05) is 31.4 Å². The molecule has 0 aromatic carbocycles. The number of aromatic carboxylic acids is 1. The summed E-state index contributed by atoms with van der Waals surface area (Å²) in [5.41, 5.74) is 0.900. The highest BCUT2D eigenvalue weighted by Crippen LogP contribution is 2.27. The minimum absolute atomic E-state index is 0.0101. The third-order valence-corrected chi connectivity index (χ3v) is 4.33. The number of carboxylic acid groups (broad SMARTS) is 1. The maximum absolute atomic E-state index is 11.7. The predicted molar refractivity (Wildman–Crippen MR) is 81.1 cm³/mol. The lowest BCUT2D eigenvalue weighted by molar-refractivity contribution is 0.0689. The van der Waals surface area contributed by atoms with Crippen LogP contribution in [-0.2, 0) is 0 Å². The molecule has 1 aliphatic rings. The van der Waals surface area contributed by atoms with Crippen LogP contribution in [0, 0.1) is 0 Å². The van der Waals surface area contributed by atoms with Crippen LogP contribution in [0.25, 0.3) is 5.65 Å². The number of likely N-dealkylation sites (N-methyl/N-ethyl adjacent to an activating group) is 1. The van der Waals surface area contributed by atoms with E-state index in [2.05, 4.69) is 35.7 Å². The number of fused-ring (bicyclic) bond motifs is 1. The Hall–Kier alpha value is -2.08. The summed E-state index contributed by atoms with van der Waals surface area (Å²) in [4.78, 5) is 20.6. The molecule has 3 heterocycles. The van der Waals surface area contributed by atoms with Crippen molar-refractivity contribution in [3.63, 3.8) is 0 Å². The van der Waals surface area contributed by atoms with E-state index in [0.717, 1.165) is 19.6 Å². The number of hydrogen-bond acceptors (Lipinski definition) is 4. The van der Waals surface area contributed by atoms with Gasteiger partial charge in [0.15, 0.2) is 11.5 Å². The molecule has 0 aliphatic carbocycles. The van der Waals surface area contributed by atoms with Gasteiger partial charge in [0.25, 0.3) is 0 Å². The summed E-state index contributed by atoms with van der Waals surface area (Å²) in [5.74, 6) is -0.379. The zero-order valence-electron chi connectivity index (χ0n) is 12.6. The summed E-state index contributed by atoms with van der Waals surface area (Å²) in [6.07, 6.45) is 1.75. The lowest BCUT2D eigenvalue weighted by atomic mass is 10.00. The number of imidazole rings is 1. The molecule has 2 aromatic rings. The molecule has 0 spiro atoms. The Balaban J connectivity index is 2.08. The van der Waals surface area contributed by atoms with E-state index in [0.29, 0.717) is 11.5 Å². The summed E-state index contributed by atoms with van der Waals surface area (Å²) in [5, 5.41) is 9.57. The number of aromatic nitrogens is 2. The van der Waals surface area contributed by atoms with E-state index in [1.807, 2.05) is 18.2 Å². The van der Waals surface area contributed by atoms with Crippen LogP contribution in [0.15, 0.2) is 24.4 Å². The number of carboxylic acids is 1. The minimum atomic E-state index is -0.944. The zero-order chi connectivity index (χ0) is 15.2. The summed E-state index contributed by atoms with van der Waals surface area (Å²) in [6, 6.07) is 5.52. The molecule has 6 nitrogen and oxygen atoms in total. The number of rotatable bonds is 2. The normalized spacial score (nSPS) is 19.1. The second-order valence-electron chi connectivity index (χ2n) is 6.17. The first kappa shape index (κ1) is 13.9. The van der Waals surface area contributed by atoms with Gasteiger partial charge in [-0.1, -0.05) is 6.07 Å². The summed E-state index contributed by atoms with van der Waals surface area (Å²) in [6.45, 7) is 6.75. The average molecular weight is 288 g/mol. The fraction of sp³-hybridized carbons (Fsp3) is 0.467. The van der Waals surface area contributed by atoms with E-state index in [1.54, 1.807) is 10.6 Å². The first-order valence-electron chi connectivity index (χ1n) is 7.07. The molecule has 0 saturated carbocycles. The minimum Gasteiger partial charge on any atom is -0.476 e.